The summed E-state index contributed by atoms with van der Waals surface area (Å²) in [6.07, 6.45) is 4.36. The summed E-state index contributed by atoms with van der Waals surface area (Å²) in [5.74, 6) is 0. The number of H-pyrrole nitrogens is 2. The van der Waals surface area contributed by atoms with E-state index in [2.05, 4.69) is 182 Å². The molecule has 0 saturated heterocycles. The third-order valence-electron chi connectivity index (χ3n) is 9.29. The summed E-state index contributed by atoms with van der Waals surface area (Å²) < 4.78 is 1.21. The van der Waals surface area contributed by atoms with Crippen LogP contribution in [0.25, 0.3) is 16.7 Å². The van der Waals surface area contributed by atoms with Crippen LogP contribution >= 0.6 is 33.9 Å². The number of allylic oxidation sites excluding steroid dienone is 2. The van der Waals surface area contributed by atoms with Gasteiger partial charge < -0.3 is 9.97 Å². The molecule has 3 aromatic carbocycles. The summed E-state index contributed by atoms with van der Waals surface area (Å²) in [6, 6.07) is 39.8. The van der Waals surface area contributed by atoms with Crippen LogP contribution in [0.15, 0.2) is 132 Å². The average molecular weight is 740 g/mol. The molecule has 0 spiro atoms. The Hall–Kier alpha value is -4.46. The molecule has 47 heavy (non-hydrogen) atoms. The molecule has 2 aliphatic heterocycles. The summed E-state index contributed by atoms with van der Waals surface area (Å²) in [5, 5.41) is 2.09. The molecule has 3 nitrogen and oxygen atoms in total. The maximum atomic E-state index is 5.40. The standard InChI is InChI=1S/C42H34IN3S/c1-25-5-9-27(10-6-25)39-31-17-18-33(44-31)40(28-11-7-26(2)8-12-28)34-21-23-37(46-34)42(3,4)38-24-22-36(47-38)41(35-20-19-32(39)45-35)29-13-15-30(43)16-14-29/h5-24,44,46H,1-4H3/b39-31-,40-33-,41-35-. The number of fused-ring (bicyclic) bond motifs is 7. The van der Waals surface area contributed by atoms with E-state index >= 15 is 0 Å². The van der Waals surface area contributed by atoms with Crippen LogP contribution in [0.4, 0.5) is 0 Å². The van der Waals surface area contributed by atoms with Crippen molar-refractivity contribution in [1.82, 2.24) is 9.97 Å². The zero-order valence-electron chi connectivity index (χ0n) is 26.8. The molecule has 2 aliphatic rings. The fourth-order valence-electron chi connectivity index (χ4n) is 6.54. The Kier molecular flexibility index (Phi) is 7.42. The van der Waals surface area contributed by atoms with E-state index in [0.717, 1.165) is 55.6 Å². The van der Waals surface area contributed by atoms with E-state index < -0.39 is 0 Å². The lowest BCUT2D eigenvalue weighted by Gasteiger charge is -2.22. The third kappa shape index (κ3) is 5.41. The topological polar surface area (TPSA) is 43.9 Å². The molecule has 6 aromatic rings. The van der Waals surface area contributed by atoms with E-state index in [9.17, 15) is 0 Å². The van der Waals surface area contributed by atoms with E-state index in [1.54, 1.807) is 0 Å². The highest BCUT2D eigenvalue weighted by molar-refractivity contribution is 14.1. The van der Waals surface area contributed by atoms with Crippen LogP contribution in [-0.4, -0.2) is 15.7 Å². The highest BCUT2D eigenvalue weighted by Crippen LogP contribution is 2.41. The van der Waals surface area contributed by atoms with Crippen molar-refractivity contribution in [3.63, 3.8) is 0 Å². The Balaban J connectivity index is 1.49. The number of thiophene rings is 1. The fourth-order valence-corrected chi connectivity index (χ4v) is 8.10. The van der Waals surface area contributed by atoms with E-state index in [1.807, 2.05) is 11.3 Å². The SMILES string of the molecule is Cc1ccc(/C2=c3\cc/c([nH]3)=C(\c3ccc(C)cc3)c3ccc([nH]3)C(C)(C)c3ccc(s3)/C(c3ccc(I)cc3)=C3/C=CC2=N3)cc1. The van der Waals surface area contributed by atoms with Gasteiger partial charge in [0.15, 0.2) is 0 Å². The molecule has 0 aliphatic carbocycles. The molecule has 0 fully saturated rings. The Morgan fingerprint density at radius 1 is 0.596 bits per heavy atom. The molecular weight excluding hydrogens is 705 g/mol. The quantitative estimate of drug-likeness (QED) is 0.170. The number of nitrogens with zero attached hydrogens (tertiary/aromatic N) is 1. The lowest BCUT2D eigenvalue weighted by molar-refractivity contribution is 0.634. The second-order valence-corrected chi connectivity index (χ2v) is 15.3. The number of aromatic amines is 2. The van der Waals surface area contributed by atoms with Gasteiger partial charge in [-0.25, -0.2) is 4.99 Å². The average Bonchev–Trinajstić information content (AvgIpc) is 3.89. The van der Waals surface area contributed by atoms with Crippen molar-refractivity contribution in [2.45, 2.75) is 33.1 Å². The molecule has 5 heteroatoms. The van der Waals surface area contributed by atoms with Gasteiger partial charge in [0.05, 0.1) is 11.4 Å². The first-order valence-corrected chi connectivity index (χ1v) is 17.8. The van der Waals surface area contributed by atoms with Crippen LogP contribution < -0.4 is 10.7 Å². The molecule has 2 N–H and O–H groups in total. The van der Waals surface area contributed by atoms with Crippen LogP contribution in [0.5, 0.6) is 0 Å². The third-order valence-corrected chi connectivity index (χ3v) is 11.4. The minimum atomic E-state index is -0.230. The number of benzene rings is 3. The first-order valence-electron chi connectivity index (χ1n) is 15.9. The van der Waals surface area contributed by atoms with E-state index in [1.165, 1.54) is 35.7 Å². The van der Waals surface area contributed by atoms with Gasteiger partial charge in [-0.3, -0.25) is 0 Å². The first-order chi connectivity index (χ1) is 22.7. The molecule has 8 bridgehead atoms. The number of nitrogens with one attached hydrogen (secondary N) is 2. The number of aryl methyl sites for hydroxylation is 2. The number of halogens is 1. The maximum absolute atomic E-state index is 5.40. The largest absolute Gasteiger partial charge is 0.358 e. The number of aromatic nitrogens is 2. The molecule has 0 radical (unpaired) electrons. The maximum Gasteiger partial charge on any atom is 0.0737 e. The molecule has 0 amide bonds. The fraction of sp³-hybridized carbons (Fsp3) is 0.119. The zero-order valence-corrected chi connectivity index (χ0v) is 29.8. The summed E-state index contributed by atoms with van der Waals surface area (Å²) in [5.41, 5.74) is 13.3. The van der Waals surface area contributed by atoms with Gasteiger partial charge in [-0.05, 0) is 128 Å². The highest BCUT2D eigenvalue weighted by atomic mass is 127. The monoisotopic (exact) mass is 739 g/mol. The van der Waals surface area contributed by atoms with Crippen LogP contribution in [0.2, 0.25) is 0 Å². The lowest BCUT2D eigenvalue weighted by Crippen LogP contribution is -2.20. The molecule has 0 atom stereocenters. The highest BCUT2D eigenvalue weighted by Gasteiger charge is 2.29. The van der Waals surface area contributed by atoms with Gasteiger partial charge >= 0.3 is 0 Å². The molecule has 8 rings (SSSR count). The van der Waals surface area contributed by atoms with Crippen molar-refractivity contribution in [2.75, 3.05) is 0 Å². The first kappa shape index (κ1) is 29.9. The predicted molar refractivity (Wildman–Crippen MR) is 206 cm³/mol. The van der Waals surface area contributed by atoms with Crippen LogP contribution in [0, 0.1) is 17.4 Å². The van der Waals surface area contributed by atoms with Crippen molar-refractivity contribution < 1.29 is 0 Å². The lowest BCUT2D eigenvalue weighted by atomic mass is 9.88. The van der Waals surface area contributed by atoms with Crippen molar-refractivity contribution in [3.8, 4) is 0 Å². The van der Waals surface area contributed by atoms with Gasteiger partial charge in [0.2, 0.25) is 0 Å². The Bertz CT molecular complexity index is 2370. The summed E-state index contributed by atoms with van der Waals surface area (Å²) in [6.45, 7) is 8.89. The van der Waals surface area contributed by atoms with Gasteiger partial charge in [-0.2, -0.15) is 0 Å². The Labute approximate surface area is 293 Å². The van der Waals surface area contributed by atoms with Crippen molar-refractivity contribution in [3.05, 3.63) is 190 Å². The minimum absolute atomic E-state index is 0.230. The number of rotatable bonds is 3. The van der Waals surface area contributed by atoms with Crippen LogP contribution in [0.1, 0.15) is 62.8 Å². The smallest absolute Gasteiger partial charge is 0.0737 e. The molecule has 5 heterocycles. The molecule has 0 unspecified atom stereocenters. The van der Waals surface area contributed by atoms with Gasteiger partial charge in [-0.1, -0.05) is 71.8 Å². The van der Waals surface area contributed by atoms with Crippen LogP contribution in [0.3, 0.4) is 0 Å². The van der Waals surface area contributed by atoms with E-state index in [4.69, 9.17) is 4.99 Å². The molecule has 230 valence electrons. The summed E-state index contributed by atoms with van der Waals surface area (Å²) in [7, 11) is 0. The second kappa shape index (κ2) is 11.7. The molecule has 0 saturated carbocycles. The van der Waals surface area contributed by atoms with Crippen LogP contribution in [-0.2, 0) is 5.41 Å². The molecular formula is C42H34IN3S. The van der Waals surface area contributed by atoms with Crippen molar-refractivity contribution in [1.29, 1.82) is 0 Å². The summed E-state index contributed by atoms with van der Waals surface area (Å²) in [4.78, 5) is 15.6. The van der Waals surface area contributed by atoms with E-state index in [0.29, 0.717) is 0 Å². The molecule has 3 aromatic heterocycles. The number of aliphatic imine (C=N–C) groups is 1. The van der Waals surface area contributed by atoms with Gasteiger partial charge in [0, 0.05) is 57.5 Å². The van der Waals surface area contributed by atoms with Crippen molar-refractivity contribution in [2.24, 2.45) is 4.99 Å². The Morgan fingerprint density at radius 3 is 1.87 bits per heavy atom. The number of hydrogen-bond donors (Lipinski definition) is 2. The van der Waals surface area contributed by atoms with E-state index in [-0.39, 0.29) is 5.41 Å². The number of hydrogen-bond acceptors (Lipinski definition) is 2. The second-order valence-electron chi connectivity index (χ2n) is 12.9. The van der Waals surface area contributed by atoms with Gasteiger partial charge in [0.25, 0.3) is 0 Å². The minimum Gasteiger partial charge on any atom is -0.358 e. The van der Waals surface area contributed by atoms with Crippen molar-refractivity contribution >= 4 is 56.4 Å². The normalized spacial score (nSPS) is 19.2. The Morgan fingerprint density at radius 2 is 1.19 bits per heavy atom. The summed E-state index contributed by atoms with van der Waals surface area (Å²) >= 11 is 4.23. The predicted octanol–water partition coefficient (Wildman–Crippen LogP) is 9.18. The zero-order chi connectivity index (χ0) is 32.3. The van der Waals surface area contributed by atoms with Gasteiger partial charge in [-0.15, -0.1) is 11.3 Å². The van der Waals surface area contributed by atoms with Gasteiger partial charge in [0.1, 0.15) is 0 Å².